The summed E-state index contributed by atoms with van der Waals surface area (Å²) in [7, 11) is -3.59. The molecule has 0 aromatic heterocycles. The van der Waals surface area contributed by atoms with Crippen LogP contribution in [-0.4, -0.2) is 38.1 Å². The van der Waals surface area contributed by atoms with Gasteiger partial charge in [0.2, 0.25) is 0 Å². The normalized spacial score (nSPS) is 22.8. The number of carbonyl (C=O) groups excluding carboxylic acids is 1. The molecule has 3 rings (SSSR count). The van der Waals surface area contributed by atoms with Gasteiger partial charge in [-0.05, 0) is 29.9 Å². The predicted octanol–water partition coefficient (Wildman–Crippen LogP) is 1.64. The van der Waals surface area contributed by atoms with Crippen molar-refractivity contribution in [3.8, 4) is 0 Å². The van der Waals surface area contributed by atoms with Crippen LogP contribution >= 0.6 is 0 Å². The average molecular weight is 309 g/mol. The van der Waals surface area contributed by atoms with Crippen LogP contribution in [0.15, 0.2) is 24.3 Å². The third-order valence-corrected chi connectivity index (χ3v) is 4.52. The topological polar surface area (TPSA) is 63.7 Å². The zero-order valence-electron chi connectivity index (χ0n) is 12.0. The zero-order valence-corrected chi connectivity index (χ0v) is 12.8. The maximum atomic E-state index is 12.1. The summed E-state index contributed by atoms with van der Waals surface area (Å²) in [6, 6.07) is 8.34. The number of carbonyl (C=O) groups is 1. The SMILES string of the molecule is CS(=O)(=O)O[C@H]1CCN(Cc2ccc(C3CC3)cc2)C1=O. The summed E-state index contributed by atoms with van der Waals surface area (Å²) in [4.78, 5) is 13.8. The smallest absolute Gasteiger partial charge is 0.265 e. The van der Waals surface area contributed by atoms with E-state index in [9.17, 15) is 13.2 Å². The molecule has 1 saturated carbocycles. The van der Waals surface area contributed by atoms with Crippen LogP contribution in [0.5, 0.6) is 0 Å². The summed E-state index contributed by atoms with van der Waals surface area (Å²) >= 11 is 0. The fourth-order valence-corrected chi connectivity index (χ4v) is 3.30. The number of rotatable bonds is 5. The Balaban J connectivity index is 1.61. The Morgan fingerprint density at radius 3 is 2.43 bits per heavy atom. The van der Waals surface area contributed by atoms with Crippen LogP contribution < -0.4 is 0 Å². The first-order chi connectivity index (χ1) is 9.92. The lowest BCUT2D eigenvalue weighted by atomic mass is 10.1. The first-order valence-electron chi connectivity index (χ1n) is 7.18. The minimum Gasteiger partial charge on any atom is -0.336 e. The highest BCUT2D eigenvalue weighted by Crippen LogP contribution is 2.39. The standard InChI is InChI=1S/C15H19NO4S/c1-21(18,19)20-14-8-9-16(15(14)17)10-11-2-4-12(5-3-11)13-6-7-13/h2-5,13-14H,6-10H2,1H3/t14-/m0/s1. The van der Waals surface area contributed by atoms with Crippen molar-refractivity contribution in [2.45, 2.75) is 37.8 Å². The number of nitrogens with zero attached hydrogens (tertiary/aromatic N) is 1. The van der Waals surface area contributed by atoms with Crippen molar-refractivity contribution in [3.63, 3.8) is 0 Å². The van der Waals surface area contributed by atoms with Crippen LogP contribution in [-0.2, 0) is 25.6 Å². The number of hydrogen-bond acceptors (Lipinski definition) is 4. The second-order valence-corrected chi connectivity index (χ2v) is 7.45. The van der Waals surface area contributed by atoms with Crippen LogP contribution in [0.3, 0.4) is 0 Å². The lowest BCUT2D eigenvalue weighted by molar-refractivity contribution is -0.133. The summed E-state index contributed by atoms with van der Waals surface area (Å²) in [5, 5.41) is 0. The lowest BCUT2D eigenvalue weighted by Crippen LogP contribution is -2.31. The molecule has 0 radical (unpaired) electrons. The maximum Gasteiger partial charge on any atom is 0.265 e. The van der Waals surface area contributed by atoms with E-state index in [4.69, 9.17) is 4.18 Å². The molecule has 5 nitrogen and oxygen atoms in total. The molecular formula is C15H19NO4S. The summed E-state index contributed by atoms with van der Waals surface area (Å²) in [5.74, 6) is 0.478. The summed E-state index contributed by atoms with van der Waals surface area (Å²) in [5.41, 5.74) is 2.43. The number of amides is 1. The van der Waals surface area contributed by atoms with Crippen molar-refractivity contribution in [1.82, 2.24) is 4.90 Å². The van der Waals surface area contributed by atoms with Crippen molar-refractivity contribution >= 4 is 16.0 Å². The Kier molecular flexibility index (Phi) is 3.75. The van der Waals surface area contributed by atoms with Crippen molar-refractivity contribution in [3.05, 3.63) is 35.4 Å². The molecule has 1 aliphatic heterocycles. The van der Waals surface area contributed by atoms with E-state index in [0.717, 1.165) is 17.7 Å². The zero-order chi connectivity index (χ0) is 15.0. The first-order valence-corrected chi connectivity index (χ1v) is 9.00. The van der Waals surface area contributed by atoms with Crippen molar-refractivity contribution < 1.29 is 17.4 Å². The predicted molar refractivity (Wildman–Crippen MR) is 78.2 cm³/mol. The molecule has 114 valence electrons. The van der Waals surface area contributed by atoms with Crippen LogP contribution in [0, 0.1) is 0 Å². The van der Waals surface area contributed by atoms with E-state index in [1.165, 1.54) is 18.4 Å². The fourth-order valence-electron chi connectivity index (χ4n) is 2.70. The molecule has 0 spiro atoms. The molecule has 1 amide bonds. The van der Waals surface area contributed by atoms with E-state index in [1.807, 2.05) is 12.1 Å². The van der Waals surface area contributed by atoms with Gasteiger partial charge in [-0.3, -0.25) is 8.98 Å². The molecule has 1 aliphatic carbocycles. The molecule has 1 heterocycles. The van der Waals surface area contributed by atoms with Crippen LogP contribution in [0.4, 0.5) is 0 Å². The Labute approximate surface area is 125 Å². The maximum absolute atomic E-state index is 12.1. The first kappa shape index (κ1) is 14.5. The largest absolute Gasteiger partial charge is 0.336 e. The average Bonchev–Trinajstić information content (AvgIpc) is 3.20. The van der Waals surface area contributed by atoms with Crippen molar-refractivity contribution in [2.75, 3.05) is 12.8 Å². The van der Waals surface area contributed by atoms with E-state index in [0.29, 0.717) is 19.5 Å². The van der Waals surface area contributed by atoms with E-state index in [2.05, 4.69) is 12.1 Å². The van der Waals surface area contributed by atoms with Gasteiger partial charge >= 0.3 is 0 Å². The molecule has 2 aliphatic rings. The van der Waals surface area contributed by atoms with Gasteiger partial charge in [0.05, 0.1) is 6.26 Å². The molecule has 0 N–H and O–H groups in total. The highest BCUT2D eigenvalue weighted by atomic mass is 32.2. The minimum absolute atomic E-state index is 0.244. The monoisotopic (exact) mass is 309 g/mol. The Morgan fingerprint density at radius 2 is 1.86 bits per heavy atom. The fraction of sp³-hybridized carbons (Fsp3) is 0.533. The van der Waals surface area contributed by atoms with Gasteiger partial charge in [0.1, 0.15) is 0 Å². The minimum atomic E-state index is -3.59. The van der Waals surface area contributed by atoms with Gasteiger partial charge in [-0.2, -0.15) is 8.42 Å². The molecule has 21 heavy (non-hydrogen) atoms. The summed E-state index contributed by atoms with van der Waals surface area (Å²) in [6.45, 7) is 1.04. The molecule has 1 saturated heterocycles. The van der Waals surface area contributed by atoms with Crippen LogP contribution in [0.2, 0.25) is 0 Å². The third kappa shape index (κ3) is 3.63. The summed E-state index contributed by atoms with van der Waals surface area (Å²) in [6.07, 6.45) is 3.08. The molecule has 1 atom stereocenters. The second-order valence-electron chi connectivity index (χ2n) is 5.85. The molecule has 6 heteroatoms. The van der Waals surface area contributed by atoms with Gasteiger partial charge in [0, 0.05) is 19.5 Å². The second kappa shape index (κ2) is 5.42. The van der Waals surface area contributed by atoms with Gasteiger partial charge in [-0.15, -0.1) is 0 Å². The molecule has 0 unspecified atom stereocenters. The Hall–Kier alpha value is -1.40. The molecule has 0 bridgehead atoms. The Morgan fingerprint density at radius 1 is 1.19 bits per heavy atom. The molecule has 1 aromatic rings. The highest BCUT2D eigenvalue weighted by Gasteiger charge is 2.34. The van der Waals surface area contributed by atoms with E-state index in [-0.39, 0.29) is 5.91 Å². The number of hydrogen-bond donors (Lipinski definition) is 0. The van der Waals surface area contributed by atoms with Crippen molar-refractivity contribution in [1.29, 1.82) is 0 Å². The number of likely N-dealkylation sites (tertiary alicyclic amines) is 1. The molecule has 1 aromatic carbocycles. The number of benzene rings is 1. The van der Waals surface area contributed by atoms with Gasteiger partial charge < -0.3 is 4.90 Å². The Bertz CT molecular complexity index is 634. The highest BCUT2D eigenvalue weighted by molar-refractivity contribution is 7.86. The summed E-state index contributed by atoms with van der Waals surface area (Å²) < 4.78 is 27.0. The van der Waals surface area contributed by atoms with Crippen molar-refractivity contribution in [2.24, 2.45) is 0 Å². The van der Waals surface area contributed by atoms with Gasteiger partial charge in [0.25, 0.3) is 16.0 Å². The van der Waals surface area contributed by atoms with E-state index < -0.39 is 16.2 Å². The van der Waals surface area contributed by atoms with Gasteiger partial charge in [-0.25, -0.2) is 0 Å². The van der Waals surface area contributed by atoms with Gasteiger partial charge in [-0.1, -0.05) is 24.3 Å². The van der Waals surface area contributed by atoms with Gasteiger partial charge in [0.15, 0.2) is 6.10 Å². The van der Waals surface area contributed by atoms with Crippen LogP contribution in [0.1, 0.15) is 36.3 Å². The van der Waals surface area contributed by atoms with E-state index >= 15 is 0 Å². The molecule has 2 fully saturated rings. The quantitative estimate of drug-likeness (QED) is 0.776. The molecular weight excluding hydrogens is 290 g/mol. The third-order valence-electron chi connectivity index (χ3n) is 3.94. The lowest BCUT2D eigenvalue weighted by Gasteiger charge is -2.16. The van der Waals surface area contributed by atoms with Crippen LogP contribution in [0.25, 0.3) is 0 Å². The van der Waals surface area contributed by atoms with E-state index in [1.54, 1.807) is 4.90 Å².